The summed E-state index contributed by atoms with van der Waals surface area (Å²) in [7, 11) is 0. The van der Waals surface area contributed by atoms with E-state index in [9.17, 15) is 4.79 Å². The molecule has 1 aromatic rings. The molecule has 82 valence electrons. The van der Waals surface area contributed by atoms with Crippen LogP contribution >= 0.6 is 11.3 Å². The van der Waals surface area contributed by atoms with Gasteiger partial charge in [-0.2, -0.15) is 0 Å². The molecule has 15 heavy (non-hydrogen) atoms. The van der Waals surface area contributed by atoms with Gasteiger partial charge in [0.05, 0.1) is 12.1 Å². The first-order valence-corrected chi connectivity index (χ1v) is 6.26. The van der Waals surface area contributed by atoms with Crippen molar-refractivity contribution < 1.29 is 4.79 Å². The molecule has 1 amide bonds. The maximum Gasteiger partial charge on any atom is 0.237 e. The van der Waals surface area contributed by atoms with E-state index in [1.165, 1.54) is 4.88 Å². The normalized spacial score (nSPS) is 26.3. The fourth-order valence-corrected chi connectivity index (χ4v) is 2.64. The Morgan fingerprint density at radius 2 is 2.47 bits per heavy atom. The van der Waals surface area contributed by atoms with Crippen molar-refractivity contribution in [2.75, 3.05) is 6.54 Å². The number of rotatable bonds is 3. The molecule has 4 heteroatoms. The van der Waals surface area contributed by atoms with Gasteiger partial charge in [0.15, 0.2) is 0 Å². The van der Waals surface area contributed by atoms with Crippen LogP contribution in [0.4, 0.5) is 0 Å². The predicted octanol–water partition coefficient (Wildman–Crippen LogP) is 1.68. The van der Waals surface area contributed by atoms with Crippen molar-refractivity contribution in [1.29, 1.82) is 0 Å². The van der Waals surface area contributed by atoms with E-state index in [1.807, 2.05) is 11.4 Å². The standard InChI is InChI=1S/C11H16N2OS/c1-2-4-8-11(14)13-9(7-12-8)10-5-3-6-15-10/h3,5-6,8-9,12H,2,4,7H2,1H3,(H,13,14)/t8-,9-/m0/s1. The van der Waals surface area contributed by atoms with Crippen molar-refractivity contribution in [2.24, 2.45) is 0 Å². The van der Waals surface area contributed by atoms with Crippen LogP contribution < -0.4 is 10.6 Å². The van der Waals surface area contributed by atoms with E-state index in [1.54, 1.807) is 11.3 Å². The number of hydrogen-bond donors (Lipinski definition) is 2. The van der Waals surface area contributed by atoms with Gasteiger partial charge in [-0.15, -0.1) is 11.3 Å². The van der Waals surface area contributed by atoms with Crippen LogP contribution in [-0.2, 0) is 4.79 Å². The van der Waals surface area contributed by atoms with Gasteiger partial charge < -0.3 is 10.6 Å². The van der Waals surface area contributed by atoms with Gasteiger partial charge in [-0.3, -0.25) is 4.79 Å². The molecule has 0 aliphatic carbocycles. The monoisotopic (exact) mass is 224 g/mol. The summed E-state index contributed by atoms with van der Waals surface area (Å²) >= 11 is 1.69. The first-order valence-electron chi connectivity index (χ1n) is 5.38. The molecule has 2 atom stereocenters. The van der Waals surface area contributed by atoms with E-state index >= 15 is 0 Å². The summed E-state index contributed by atoms with van der Waals surface area (Å²) in [5.41, 5.74) is 0. The fraction of sp³-hybridized carbons (Fsp3) is 0.545. The Bertz CT molecular complexity index is 323. The van der Waals surface area contributed by atoms with Gasteiger partial charge in [-0.05, 0) is 17.9 Å². The molecule has 0 spiro atoms. The van der Waals surface area contributed by atoms with Crippen molar-refractivity contribution in [2.45, 2.75) is 31.8 Å². The second-order valence-corrected chi connectivity index (χ2v) is 4.81. The Morgan fingerprint density at radius 1 is 1.60 bits per heavy atom. The van der Waals surface area contributed by atoms with Crippen molar-refractivity contribution in [3.63, 3.8) is 0 Å². The van der Waals surface area contributed by atoms with Crippen LogP contribution in [0.15, 0.2) is 17.5 Å². The molecule has 1 saturated heterocycles. The van der Waals surface area contributed by atoms with Gasteiger partial charge in [0.25, 0.3) is 0 Å². The average Bonchev–Trinajstić information content (AvgIpc) is 2.74. The first kappa shape index (κ1) is 10.6. The predicted molar refractivity (Wildman–Crippen MR) is 61.9 cm³/mol. The zero-order valence-corrected chi connectivity index (χ0v) is 9.64. The summed E-state index contributed by atoms with van der Waals surface area (Å²) in [5.74, 6) is 0.140. The third-order valence-corrected chi connectivity index (χ3v) is 3.65. The highest BCUT2D eigenvalue weighted by molar-refractivity contribution is 7.10. The molecule has 3 nitrogen and oxygen atoms in total. The molecule has 2 rings (SSSR count). The number of hydrogen-bond acceptors (Lipinski definition) is 3. The van der Waals surface area contributed by atoms with E-state index in [2.05, 4.69) is 23.6 Å². The highest BCUT2D eigenvalue weighted by Gasteiger charge is 2.27. The van der Waals surface area contributed by atoms with Gasteiger partial charge in [-0.1, -0.05) is 19.4 Å². The number of amides is 1. The molecule has 0 saturated carbocycles. The van der Waals surface area contributed by atoms with Crippen LogP contribution in [0.1, 0.15) is 30.7 Å². The quantitative estimate of drug-likeness (QED) is 0.820. The number of nitrogens with one attached hydrogen (secondary N) is 2. The Balaban J connectivity index is 1.97. The SMILES string of the molecule is CCC[C@@H]1NC[C@@H](c2cccs2)NC1=O. The summed E-state index contributed by atoms with van der Waals surface area (Å²) in [6.07, 6.45) is 1.96. The molecule has 2 heterocycles. The van der Waals surface area contributed by atoms with Crippen LogP contribution in [0.2, 0.25) is 0 Å². The second-order valence-electron chi connectivity index (χ2n) is 3.83. The van der Waals surface area contributed by atoms with E-state index in [4.69, 9.17) is 0 Å². The molecule has 0 unspecified atom stereocenters. The Kier molecular flexibility index (Phi) is 3.38. The summed E-state index contributed by atoms with van der Waals surface area (Å²) in [5, 5.41) is 8.41. The topological polar surface area (TPSA) is 41.1 Å². The smallest absolute Gasteiger partial charge is 0.237 e. The lowest BCUT2D eigenvalue weighted by Gasteiger charge is -2.29. The molecular formula is C11H16N2OS. The fourth-order valence-electron chi connectivity index (χ4n) is 1.86. The van der Waals surface area contributed by atoms with Crippen molar-refractivity contribution in [1.82, 2.24) is 10.6 Å². The van der Waals surface area contributed by atoms with E-state index in [0.29, 0.717) is 0 Å². The van der Waals surface area contributed by atoms with Crippen molar-refractivity contribution in [3.8, 4) is 0 Å². The minimum Gasteiger partial charge on any atom is -0.346 e. The lowest BCUT2D eigenvalue weighted by molar-refractivity contribution is -0.125. The molecule has 0 radical (unpaired) electrons. The van der Waals surface area contributed by atoms with Gasteiger partial charge in [0, 0.05) is 11.4 Å². The van der Waals surface area contributed by atoms with Gasteiger partial charge in [0.2, 0.25) is 5.91 Å². The summed E-state index contributed by atoms with van der Waals surface area (Å²) in [4.78, 5) is 12.9. The largest absolute Gasteiger partial charge is 0.346 e. The van der Waals surface area contributed by atoms with Crippen LogP contribution in [0.5, 0.6) is 0 Å². The minimum absolute atomic E-state index is 0.00575. The molecule has 1 aromatic heterocycles. The first-order chi connectivity index (χ1) is 7.31. The number of piperazine rings is 1. The second kappa shape index (κ2) is 4.77. The van der Waals surface area contributed by atoms with Crippen LogP contribution in [0, 0.1) is 0 Å². The van der Waals surface area contributed by atoms with E-state index in [-0.39, 0.29) is 18.0 Å². The molecule has 1 aliphatic heterocycles. The Hall–Kier alpha value is -0.870. The van der Waals surface area contributed by atoms with Crippen molar-refractivity contribution in [3.05, 3.63) is 22.4 Å². The third-order valence-electron chi connectivity index (χ3n) is 2.67. The molecule has 0 bridgehead atoms. The Morgan fingerprint density at radius 3 is 3.07 bits per heavy atom. The van der Waals surface area contributed by atoms with Gasteiger partial charge in [-0.25, -0.2) is 0 Å². The van der Waals surface area contributed by atoms with E-state index < -0.39 is 0 Å². The number of thiophene rings is 1. The molecule has 1 fully saturated rings. The molecule has 0 aromatic carbocycles. The summed E-state index contributed by atoms with van der Waals surface area (Å²) in [6.45, 7) is 2.94. The summed E-state index contributed by atoms with van der Waals surface area (Å²) < 4.78 is 0. The van der Waals surface area contributed by atoms with Crippen molar-refractivity contribution >= 4 is 17.2 Å². The molecular weight excluding hydrogens is 208 g/mol. The Labute approximate surface area is 93.9 Å². The van der Waals surface area contributed by atoms with E-state index in [0.717, 1.165) is 19.4 Å². The zero-order valence-electron chi connectivity index (χ0n) is 8.82. The zero-order chi connectivity index (χ0) is 10.7. The van der Waals surface area contributed by atoms with Gasteiger partial charge >= 0.3 is 0 Å². The lowest BCUT2D eigenvalue weighted by Crippen LogP contribution is -2.54. The van der Waals surface area contributed by atoms with Crippen LogP contribution in [0.3, 0.4) is 0 Å². The number of carbonyl (C=O) groups excluding carboxylic acids is 1. The lowest BCUT2D eigenvalue weighted by atomic mass is 10.1. The summed E-state index contributed by atoms with van der Waals surface area (Å²) in [6, 6.07) is 4.25. The van der Waals surface area contributed by atoms with Crippen LogP contribution in [0.25, 0.3) is 0 Å². The van der Waals surface area contributed by atoms with Gasteiger partial charge in [0.1, 0.15) is 0 Å². The highest BCUT2D eigenvalue weighted by Crippen LogP contribution is 2.20. The highest BCUT2D eigenvalue weighted by atomic mass is 32.1. The molecule has 2 N–H and O–H groups in total. The average molecular weight is 224 g/mol. The number of carbonyl (C=O) groups is 1. The maximum atomic E-state index is 11.7. The van der Waals surface area contributed by atoms with Crippen LogP contribution in [-0.4, -0.2) is 18.5 Å². The minimum atomic E-state index is 0.00575. The maximum absolute atomic E-state index is 11.7. The molecule has 1 aliphatic rings. The third kappa shape index (κ3) is 2.38.